The molecule has 8 atom stereocenters. The highest BCUT2D eigenvalue weighted by Gasteiger charge is 2.59. The molecular formula is C33H53N2+. The predicted molar refractivity (Wildman–Crippen MR) is 148 cm³/mol. The first kappa shape index (κ1) is 24.3. The number of allylic oxidation sites excluding steroid dienone is 4. The van der Waals surface area contributed by atoms with E-state index in [1.807, 2.05) is 0 Å². The van der Waals surface area contributed by atoms with Crippen LogP contribution in [-0.4, -0.2) is 41.4 Å². The van der Waals surface area contributed by atoms with Crippen molar-refractivity contribution >= 4 is 5.71 Å². The van der Waals surface area contributed by atoms with E-state index in [1.165, 1.54) is 77.0 Å². The van der Waals surface area contributed by atoms with Gasteiger partial charge in [-0.05, 0) is 81.6 Å². The molecule has 4 aliphatic carbocycles. The monoisotopic (exact) mass is 477 g/mol. The van der Waals surface area contributed by atoms with E-state index in [0.717, 1.165) is 47.6 Å². The van der Waals surface area contributed by atoms with Gasteiger partial charge in [-0.2, -0.15) is 0 Å². The van der Waals surface area contributed by atoms with Gasteiger partial charge in [0.15, 0.2) is 11.8 Å². The first-order chi connectivity index (χ1) is 16.7. The van der Waals surface area contributed by atoms with Crippen LogP contribution in [0.15, 0.2) is 23.9 Å². The Morgan fingerprint density at radius 1 is 0.743 bits per heavy atom. The Morgan fingerprint density at radius 2 is 1.34 bits per heavy atom. The van der Waals surface area contributed by atoms with Crippen molar-refractivity contribution in [2.45, 2.75) is 117 Å². The van der Waals surface area contributed by atoms with Crippen molar-refractivity contribution in [1.29, 1.82) is 0 Å². The van der Waals surface area contributed by atoms with E-state index in [0.29, 0.717) is 0 Å². The quantitative estimate of drug-likeness (QED) is 0.369. The zero-order valence-corrected chi connectivity index (χ0v) is 23.7. The zero-order chi connectivity index (χ0) is 24.5. The van der Waals surface area contributed by atoms with E-state index in [2.05, 4.69) is 69.5 Å². The molecule has 8 unspecified atom stereocenters. The number of hydrogen-bond donors (Lipinski definition) is 0. The van der Waals surface area contributed by atoms with Crippen LogP contribution >= 0.6 is 0 Å². The molecule has 2 aliphatic heterocycles. The second kappa shape index (κ2) is 8.76. The van der Waals surface area contributed by atoms with Crippen LogP contribution in [0.25, 0.3) is 0 Å². The number of likely N-dealkylation sites (tertiary alicyclic amines) is 1. The van der Waals surface area contributed by atoms with Gasteiger partial charge in [-0.1, -0.05) is 58.4 Å². The maximum atomic E-state index is 2.71. The third kappa shape index (κ3) is 3.65. The summed E-state index contributed by atoms with van der Waals surface area (Å²) in [4.78, 5) is 2.71. The van der Waals surface area contributed by atoms with Gasteiger partial charge < -0.3 is 4.90 Å². The number of hydrogen-bond acceptors (Lipinski definition) is 1. The molecule has 2 nitrogen and oxygen atoms in total. The minimum Gasteiger partial charge on any atom is -0.374 e. The Balaban J connectivity index is 1.27. The topological polar surface area (TPSA) is 6.25 Å². The Hall–Kier alpha value is -1.05. The van der Waals surface area contributed by atoms with Crippen molar-refractivity contribution in [3.05, 3.63) is 23.9 Å². The van der Waals surface area contributed by atoms with Crippen molar-refractivity contribution in [3.63, 3.8) is 0 Å². The summed E-state index contributed by atoms with van der Waals surface area (Å²) >= 11 is 0. The Bertz CT molecular complexity index is 919. The summed E-state index contributed by atoms with van der Waals surface area (Å²) < 4.78 is 2.71. The molecule has 0 aromatic rings. The van der Waals surface area contributed by atoms with Gasteiger partial charge in [-0.15, -0.1) is 0 Å². The van der Waals surface area contributed by atoms with Crippen molar-refractivity contribution in [2.75, 3.05) is 14.1 Å². The van der Waals surface area contributed by atoms with Crippen LogP contribution in [0, 0.1) is 46.3 Å². The molecular weight excluding hydrogens is 424 g/mol. The fraction of sp³-hybridized carbons (Fsp3) is 0.848. The highest BCUT2D eigenvalue weighted by molar-refractivity contribution is 5.96. The van der Waals surface area contributed by atoms with Gasteiger partial charge in [0.05, 0.1) is 5.41 Å². The maximum absolute atomic E-state index is 2.71. The maximum Gasteiger partial charge on any atom is 0.182 e. The molecule has 2 heteroatoms. The lowest BCUT2D eigenvalue weighted by Gasteiger charge is -2.47. The molecule has 2 heterocycles. The summed E-state index contributed by atoms with van der Waals surface area (Å²) in [5.74, 6) is 5.60. The largest absolute Gasteiger partial charge is 0.374 e. The van der Waals surface area contributed by atoms with Crippen LogP contribution in [0.1, 0.15) is 105 Å². The van der Waals surface area contributed by atoms with Gasteiger partial charge in [0, 0.05) is 42.6 Å². The minimum atomic E-state index is 0.287. The summed E-state index contributed by atoms with van der Waals surface area (Å²) in [5, 5.41) is 0. The van der Waals surface area contributed by atoms with Gasteiger partial charge in [0.1, 0.15) is 7.05 Å². The van der Waals surface area contributed by atoms with E-state index >= 15 is 0 Å². The van der Waals surface area contributed by atoms with Crippen LogP contribution < -0.4 is 0 Å². The fourth-order valence-corrected chi connectivity index (χ4v) is 11.2. The SMILES string of the molecule is CN1C(=CC=CC2=[N+](C)C3CCC4CCCCC4C3C2(C)C)C(C)(C)C2C3CCCCC3CCC21. The molecule has 1 saturated heterocycles. The summed E-state index contributed by atoms with van der Waals surface area (Å²) in [6.07, 6.45) is 25.1. The molecule has 0 N–H and O–H groups in total. The van der Waals surface area contributed by atoms with E-state index in [-0.39, 0.29) is 10.8 Å². The first-order valence-corrected chi connectivity index (χ1v) is 15.4. The lowest BCUT2D eigenvalue weighted by molar-refractivity contribution is -0.541. The summed E-state index contributed by atoms with van der Waals surface area (Å²) in [6, 6.07) is 1.52. The van der Waals surface area contributed by atoms with Crippen LogP contribution in [-0.2, 0) is 0 Å². The van der Waals surface area contributed by atoms with Gasteiger partial charge in [0.25, 0.3) is 0 Å². The number of rotatable bonds is 2. The molecule has 5 fully saturated rings. The Morgan fingerprint density at radius 3 is 2.03 bits per heavy atom. The predicted octanol–water partition coefficient (Wildman–Crippen LogP) is 7.69. The van der Waals surface area contributed by atoms with E-state index in [9.17, 15) is 0 Å². The summed E-state index contributed by atoms with van der Waals surface area (Å²) in [6.45, 7) is 10.3. The van der Waals surface area contributed by atoms with Crippen molar-refractivity contribution in [1.82, 2.24) is 4.90 Å². The molecule has 6 aliphatic rings. The van der Waals surface area contributed by atoms with Crippen LogP contribution in [0.4, 0.5) is 0 Å². The van der Waals surface area contributed by atoms with Crippen molar-refractivity contribution in [2.24, 2.45) is 46.3 Å². The average molecular weight is 478 g/mol. The van der Waals surface area contributed by atoms with E-state index in [4.69, 9.17) is 0 Å². The molecule has 0 aromatic heterocycles. The van der Waals surface area contributed by atoms with Gasteiger partial charge in [-0.3, -0.25) is 0 Å². The lowest BCUT2D eigenvalue weighted by Crippen LogP contribution is -2.45. The van der Waals surface area contributed by atoms with E-state index in [1.54, 1.807) is 11.4 Å². The first-order valence-electron chi connectivity index (χ1n) is 15.4. The Labute approximate surface area is 216 Å². The minimum absolute atomic E-state index is 0.287. The zero-order valence-electron chi connectivity index (χ0n) is 23.7. The summed E-state index contributed by atoms with van der Waals surface area (Å²) in [5.41, 5.74) is 3.77. The van der Waals surface area contributed by atoms with Crippen LogP contribution in [0.3, 0.4) is 0 Å². The van der Waals surface area contributed by atoms with Crippen LogP contribution in [0.5, 0.6) is 0 Å². The second-order valence-electron chi connectivity index (χ2n) is 14.7. The molecule has 194 valence electrons. The second-order valence-corrected chi connectivity index (χ2v) is 14.7. The van der Waals surface area contributed by atoms with Crippen LogP contribution in [0.2, 0.25) is 0 Å². The normalized spacial score (nSPS) is 45.4. The van der Waals surface area contributed by atoms with Crippen molar-refractivity contribution in [3.8, 4) is 0 Å². The molecule has 0 radical (unpaired) electrons. The molecule has 6 rings (SSSR count). The van der Waals surface area contributed by atoms with Crippen molar-refractivity contribution < 1.29 is 4.58 Å². The average Bonchev–Trinajstić information content (AvgIpc) is 3.17. The molecule has 0 amide bonds. The third-order valence-corrected chi connectivity index (χ3v) is 12.6. The summed E-state index contributed by atoms with van der Waals surface area (Å²) in [7, 11) is 4.82. The highest BCUT2D eigenvalue weighted by Crippen LogP contribution is 2.59. The number of fused-ring (bicyclic) bond motifs is 6. The fourth-order valence-electron chi connectivity index (χ4n) is 11.2. The molecule has 0 aromatic carbocycles. The number of nitrogens with zero attached hydrogens (tertiary/aromatic N) is 2. The smallest absolute Gasteiger partial charge is 0.182 e. The molecule has 0 spiro atoms. The molecule has 4 saturated carbocycles. The standard InChI is InChI=1S/C33H53N2/c1-32(2)28(34(5)26-20-18-22-12-7-9-14-24(22)30(26)32)16-11-17-29-33(3,4)31-25-15-10-8-13-23(25)19-21-27(31)35(29)6/h11,16-17,22-27,30-31H,7-10,12-15,18-21H2,1-6H3/q+1. The lowest BCUT2D eigenvalue weighted by atomic mass is 9.57. The highest BCUT2D eigenvalue weighted by atomic mass is 15.2. The molecule has 0 bridgehead atoms. The Kier molecular flexibility index (Phi) is 6.08. The third-order valence-electron chi connectivity index (χ3n) is 12.6. The van der Waals surface area contributed by atoms with Gasteiger partial charge >= 0.3 is 0 Å². The van der Waals surface area contributed by atoms with E-state index < -0.39 is 0 Å². The van der Waals surface area contributed by atoms with Gasteiger partial charge in [-0.25, -0.2) is 4.58 Å². The molecule has 35 heavy (non-hydrogen) atoms. The van der Waals surface area contributed by atoms with Gasteiger partial charge in [0.2, 0.25) is 0 Å².